The van der Waals surface area contributed by atoms with Crippen molar-refractivity contribution in [1.82, 2.24) is 15.4 Å². The van der Waals surface area contributed by atoms with Crippen LogP contribution in [0.15, 0.2) is 22.7 Å². The van der Waals surface area contributed by atoms with E-state index in [0.717, 1.165) is 13.0 Å². The minimum atomic E-state index is -0.736. The zero-order valence-corrected chi connectivity index (χ0v) is 15.3. The Morgan fingerprint density at radius 2 is 2.31 bits per heavy atom. The van der Waals surface area contributed by atoms with Crippen LogP contribution in [-0.2, 0) is 14.3 Å². The molecule has 3 aliphatic heterocycles. The summed E-state index contributed by atoms with van der Waals surface area (Å²) in [5.74, 6) is -0.136. The Kier molecular flexibility index (Phi) is 4.11. The van der Waals surface area contributed by atoms with Crippen molar-refractivity contribution in [3.8, 4) is 0 Å². The fourth-order valence-corrected chi connectivity index (χ4v) is 4.20. The highest BCUT2D eigenvalue weighted by molar-refractivity contribution is 6.02. The normalized spacial score (nSPS) is 31.9. The van der Waals surface area contributed by atoms with E-state index in [-0.39, 0.29) is 17.9 Å². The lowest BCUT2D eigenvalue weighted by atomic mass is 9.77. The van der Waals surface area contributed by atoms with Gasteiger partial charge in [-0.25, -0.2) is 0 Å². The van der Waals surface area contributed by atoms with E-state index in [1.165, 1.54) is 0 Å². The van der Waals surface area contributed by atoms with E-state index >= 15 is 0 Å². The molecule has 0 radical (unpaired) electrons. The largest absolute Gasteiger partial charge is 0.360 e. The SMILES string of the molecule is Cc1cc(N2C[C@@]34C=C[C@@H](O3)[C@@H](C(=O)NCCCN(C)C)[C@@H]4C2=O)no1. The molecule has 1 spiro atoms. The van der Waals surface area contributed by atoms with Crippen molar-refractivity contribution in [2.75, 3.05) is 38.6 Å². The molecule has 2 bridgehead atoms. The van der Waals surface area contributed by atoms with E-state index in [1.54, 1.807) is 17.9 Å². The van der Waals surface area contributed by atoms with Crippen molar-refractivity contribution in [2.45, 2.75) is 25.0 Å². The van der Waals surface area contributed by atoms with Crippen LogP contribution in [0, 0.1) is 18.8 Å². The average molecular weight is 360 g/mol. The van der Waals surface area contributed by atoms with Gasteiger partial charge in [0.05, 0.1) is 24.5 Å². The van der Waals surface area contributed by atoms with Gasteiger partial charge in [0, 0.05) is 12.6 Å². The predicted octanol–water partition coefficient (Wildman–Crippen LogP) is 0.337. The molecule has 140 valence electrons. The molecule has 0 aliphatic carbocycles. The van der Waals surface area contributed by atoms with Gasteiger partial charge in [-0.05, 0) is 34.0 Å². The molecule has 2 fully saturated rings. The molecular weight excluding hydrogens is 336 g/mol. The van der Waals surface area contributed by atoms with Crippen LogP contribution in [0.5, 0.6) is 0 Å². The van der Waals surface area contributed by atoms with Gasteiger partial charge in [-0.15, -0.1) is 0 Å². The van der Waals surface area contributed by atoms with Crippen molar-refractivity contribution in [1.29, 1.82) is 0 Å². The van der Waals surface area contributed by atoms with Crippen LogP contribution in [-0.4, -0.2) is 67.3 Å². The first-order valence-corrected chi connectivity index (χ1v) is 8.95. The summed E-state index contributed by atoms with van der Waals surface area (Å²) in [4.78, 5) is 29.5. The van der Waals surface area contributed by atoms with Gasteiger partial charge in [0.2, 0.25) is 11.8 Å². The smallest absolute Gasteiger partial charge is 0.235 e. The first-order valence-electron chi connectivity index (χ1n) is 8.95. The summed E-state index contributed by atoms with van der Waals surface area (Å²) in [5, 5.41) is 6.92. The highest BCUT2D eigenvalue weighted by Gasteiger charge is 2.67. The molecule has 0 aromatic carbocycles. The lowest BCUT2D eigenvalue weighted by molar-refractivity contribution is -0.131. The Labute approximate surface area is 152 Å². The Bertz CT molecular complexity index is 758. The van der Waals surface area contributed by atoms with Crippen molar-refractivity contribution in [3.63, 3.8) is 0 Å². The Morgan fingerprint density at radius 1 is 1.50 bits per heavy atom. The van der Waals surface area contributed by atoms with Crippen LogP contribution in [0.25, 0.3) is 0 Å². The van der Waals surface area contributed by atoms with Crippen molar-refractivity contribution in [2.24, 2.45) is 11.8 Å². The van der Waals surface area contributed by atoms with Gasteiger partial charge >= 0.3 is 0 Å². The van der Waals surface area contributed by atoms with Gasteiger partial charge in [0.15, 0.2) is 5.82 Å². The van der Waals surface area contributed by atoms with Crippen LogP contribution < -0.4 is 10.2 Å². The number of carbonyl (C=O) groups is 2. The number of ether oxygens (including phenoxy) is 1. The summed E-state index contributed by atoms with van der Waals surface area (Å²) >= 11 is 0. The van der Waals surface area contributed by atoms with Crippen LogP contribution >= 0.6 is 0 Å². The minimum Gasteiger partial charge on any atom is -0.360 e. The second kappa shape index (κ2) is 6.21. The zero-order chi connectivity index (χ0) is 18.5. The molecule has 0 saturated carbocycles. The van der Waals surface area contributed by atoms with E-state index in [1.807, 2.05) is 26.2 Å². The number of carbonyl (C=O) groups excluding carboxylic acids is 2. The number of nitrogens with one attached hydrogen (secondary N) is 1. The molecule has 2 saturated heterocycles. The standard InChI is InChI=1S/C18H24N4O4/c1-11-9-13(20-26-11)22-10-18-6-5-12(25-18)14(15(18)17(22)24)16(23)19-7-4-8-21(2)3/h5-6,9,12,14-15H,4,7-8,10H2,1-3H3,(H,19,23)/t12-,14-,15-,18-/m1/s1. The number of amides is 2. The molecule has 8 nitrogen and oxygen atoms in total. The highest BCUT2D eigenvalue weighted by Crippen LogP contribution is 2.52. The molecule has 26 heavy (non-hydrogen) atoms. The molecule has 8 heteroatoms. The Balaban J connectivity index is 1.49. The molecule has 1 N–H and O–H groups in total. The number of aromatic nitrogens is 1. The van der Waals surface area contributed by atoms with Crippen LogP contribution in [0.4, 0.5) is 5.82 Å². The maximum absolute atomic E-state index is 13.1. The predicted molar refractivity (Wildman–Crippen MR) is 93.5 cm³/mol. The Morgan fingerprint density at radius 3 is 3.00 bits per heavy atom. The second-order valence-corrected chi connectivity index (χ2v) is 7.57. The minimum absolute atomic E-state index is 0.114. The fraction of sp³-hybridized carbons (Fsp3) is 0.611. The summed E-state index contributed by atoms with van der Waals surface area (Å²) in [6.07, 6.45) is 4.37. The van der Waals surface area contributed by atoms with Gasteiger partial charge < -0.3 is 19.5 Å². The number of nitrogens with zero attached hydrogens (tertiary/aromatic N) is 3. The van der Waals surface area contributed by atoms with Crippen molar-refractivity contribution in [3.05, 3.63) is 24.0 Å². The number of fused-ring (bicyclic) bond motifs is 1. The molecule has 4 atom stereocenters. The summed E-state index contributed by atoms with van der Waals surface area (Å²) in [6.45, 7) is 3.63. The topological polar surface area (TPSA) is 87.9 Å². The van der Waals surface area contributed by atoms with Gasteiger partial charge in [0.1, 0.15) is 11.4 Å². The summed E-state index contributed by atoms with van der Waals surface area (Å²) < 4.78 is 11.2. The molecule has 1 aromatic rings. The van der Waals surface area contributed by atoms with E-state index in [4.69, 9.17) is 9.26 Å². The fourth-order valence-electron chi connectivity index (χ4n) is 4.20. The summed E-state index contributed by atoms with van der Waals surface area (Å²) in [7, 11) is 4.00. The van der Waals surface area contributed by atoms with Gasteiger partial charge in [0.25, 0.3) is 0 Å². The third-order valence-electron chi connectivity index (χ3n) is 5.38. The van der Waals surface area contributed by atoms with Crippen molar-refractivity contribution < 1.29 is 18.8 Å². The van der Waals surface area contributed by atoms with Gasteiger partial charge in [-0.1, -0.05) is 17.3 Å². The molecule has 3 aliphatic rings. The molecule has 4 rings (SSSR count). The lowest BCUT2D eigenvalue weighted by Crippen LogP contribution is -2.44. The molecule has 2 amide bonds. The van der Waals surface area contributed by atoms with Crippen molar-refractivity contribution >= 4 is 17.6 Å². The maximum Gasteiger partial charge on any atom is 0.235 e. The molecule has 4 heterocycles. The first kappa shape index (κ1) is 17.2. The lowest BCUT2D eigenvalue weighted by Gasteiger charge is -2.23. The van der Waals surface area contributed by atoms with Crippen LogP contribution in [0.2, 0.25) is 0 Å². The average Bonchev–Trinajstić information content (AvgIpc) is 3.32. The van der Waals surface area contributed by atoms with E-state index in [9.17, 15) is 9.59 Å². The van der Waals surface area contributed by atoms with Gasteiger partial charge in [-0.3, -0.25) is 14.5 Å². The Hall–Kier alpha value is -2.19. The number of rotatable bonds is 6. The third-order valence-corrected chi connectivity index (χ3v) is 5.38. The second-order valence-electron chi connectivity index (χ2n) is 7.57. The summed E-state index contributed by atoms with van der Waals surface area (Å²) in [6, 6.07) is 1.72. The van der Waals surface area contributed by atoms with E-state index in [2.05, 4.69) is 15.4 Å². The zero-order valence-electron chi connectivity index (χ0n) is 15.3. The van der Waals surface area contributed by atoms with E-state index in [0.29, 0.717) is 24.7 Å². The number of aryl methyl sites for hydroxylation is 1. The van der Waals surface area contributed by atoms with Crippen LogP contribution in [0.1, 0.15) is 12.2 Å². The highest BCUT2D eigenvalue weighted by atomic mass is 16.5. The monoisotopic (exact) mass is 360 g/mol. The number of hydrogen-bond donors (Lipinski definition) is 1. The number of anilines is 1. The molecular formula is C18H24N4O4. The summed E-state index contributed by atoms with van der Waals surface area (Å²) in [5.41, 5.74) is -0.736. The molecule has 1 aromatic heterocycles. The quantitative estimate of drug-likeness (QED) is 0.581. The van der Waals surface area contributed by atoms with E-state index < -0.39 is 17.4 Å². The first-order chi connectivity index (χ1) is 12.4. The van der Waals surface area contributed by atoms with Gasteiger partial charge in [-0.2, -0.15) is 0 Å². The molecule has 0 unspecified atom stereocenters. The van der Waals surface area contributed by atoms with Crippen LogP contribution in [0.3, 0.4) is 0 Å². The number of hydrogen-bond acceptors (Lipinski definition) is 6. The third kappa shape index (κ3) is 2.64. The maximum atomic E-state index is 13.1.